The van der Waals surface area contributed by atoms with Crippen LogP contribution in [-0.4, -0.2) is 8.42 Å². The molecule has 0 aromatic heterocycles. The SMILES string of the molecule is Cc1ccc(S(=O)(=O)c2c(Cc3ccccc3)cc(C)cc2Cc2ccccc2)cc1. The maximum absolute atomic E-state index is 13.9. The molecule has 0 aliphatic rings. The van der Waals surface area contributed by atoms with Crippen LogP contribution < -0.4 is 0 Å². The lowest BCUT2D eigenvalue weighted by atomic mass is 9.96. The summed E-state index contributed by atoms with van der Waals surface area (Å²) < 4.78 is 27.8. The molecule has 2 nitrogen and oxygen atoms in total. The van der Waals surface area contributed by atoms with E-state index in [4.69, 9.17) is 0 Å². The first-order valence-electron chi connectivity index (χ1n) is 10.5. The van der Waals surface area contributed by atoms with Gasteiger partial charge in [0.05, 0.1) is 9.79 Å². The maximum Gasteiger partial charge on any atom is 0.207 e. The quantitative estimate of drug-likeness (QED) is 0.362. The predicted molar refractivity (Wildman–Crippen MR) is 126 cm³/mol. The van der Waals surface area contributed by atoms with Crippen LogP contribution in [0.15, 0.2) is 107 Å². The Labute approximate surface area is 185 Å². The Hall–Kier alpha value is -3.17. The molecule has 0 radical (unpaired) electrons. The van der Waals surface area contributed by atoms with Crippen LogP contribution in [0.2, 0.25) is 0 Å². The molecular formula is C28H26O2S. The molecule has 0 heterocycles. The second-order valence-electron chi connectivity index (χ2n) is 8.05. The van der Waals surface area contributed by atoms with Crippen LogP contribution in [0.3, 0.4) is 0 Å². The first-order valence-corrected chi connectivity index (χ1v) is 11.9. The fourth-order valence-corrected chi connectivity index (χ4v) is 5.69. The van der Waals surface area contributed by atoms with Crippen LogP contribution in [0.5, 0.6) is 0 Å². The number of hydrogen-bond acceptors (Lipinski definition) is 2. The van der Waals surface area contributed by atoms with Crippen molar-refractivity contribution in [2.75, 3.05) is 0 Å². The van der Waals surface area contributed by atoms with Gasteiger partial charge in [-0.3, -0.25) is 0 Å². The van der Waals surface area contributed by atoms with Gasteiger partial charge in [-0.2, -0.15) is 0 Å². The minimum Gasteiger partial charge on any atom is -0.218 e. The van der Waals surface area contributed by atoms with E-state index in [-0.39, 0.29) is 0 Å². The second-order valence-corrected chi connectivity index (χ2v) is 9.94. The van der Waals surface area contributed by atoms with E-state index in [0.717, 1.165) is 33.4 Å². The van der Waals surface area contributed by atoms with Gasteiger partial charge >= 0.3 is 0 Å². The Bertz CT molecular complexity index is 1210. The number of hydrogen-bond donors (Lipinski definition) is 0. The Balaban J connectivity index is 1.91. The average Bonchev–Trinajstić information content (AvgIpc) is 2.75. The van der Waals surface area contributed by atoms with E-state index in [9.17, 15) is 8.42 Å². The van der Waals surface area contributed by atoms with Crippen molar-refractivity contribution >= 4 is 9.84 Å². The molecule has 0 amide bonds. The summed E-state index contributed by atoms with van der Waals surface area (Å²) in [6, 6.07) is 31.3. The first-order chi connectivity index (χ1) is 14.9. The Morgan fingerprint density at radius 1 is 0.581 bits per heavy atom. The van der Waals surface area contributed by atoms with Gasteiger partial charge in [0.15, 0.2) is 0 Å². The van der Waals surface area contributed by atoms with E-state index in [1.165, 1.54) is 0 Å². The minimum atomic E-state index is -3.67. The molecule has 0 N–H and O–H groups in total. The lowest BCUT2D eigenvalue weighted by molar-refractivity contribution is 0.594. The first kappa shape index (κ1) is 21.1. The lowest BCUT2D eigenvalue weighted by Crippen LogP contribution is -2.11. The van der Waals surface area contributed by atoms with Gasteiger partial charge in [-0.25, -0.2) is 8.42 Å². The molecular weight excluding hydrogens is 400 g/mol. The molecule has 0 fully saturated rings. The van der Waals surface area contributed by atoms with Gasteiger partial charge in [0.25, 0.3) is 0 Å². The molecule has 0 saturated carbocycles. The Kier molecular flexibility index (Phi) is 6.06. The standard InChI is InChI=1S/C28H26O2S/c1-21-13-15-27(16-14-21)31(29,30)28-25(19-23-9-5-3-6-10-23)17-22(2)18-26(28)20-24-11-7-4-8-12-24/h3-18H,19-20H2,1-2H3. The predicted octanol–water partition coefficient (Wildman–Crippen LogP) is 6.32. The average molecular weight is 427 g/mol. The maximum atomic E-state index is 13.9. The van der Waals surface area contributed by atoms with Gasteiger partial charge in [0.1, 0.15) is 0 Å². The van der Waals surface area contributed by atoms with Crippen molar-refractivity contribution in [3.05, 3.63) is 130 Å². The van der Waals surface area contributed by atoms with Gasteiger partial charge < -0.3 is 0 Å². The third-order valence-corrected chi connectivity index (χ3v) is 7.42. The third kappa shape index (κ3) is 4.78. The molecule has 4 aromatic carbocycles. The summed E-state index contributed by atoms with van der Waals surface area (Å²) in [6.07, 6.45) is 1.15. The molecule has 3 heteroatoms. The fraction of sp³-hybridized carbons (Fsp3) is 0.143. The second kappa shape index (κ2) is 8.91. The van der Waals surface area contributed by atoms with Crippen molar-refractivity contribution in [2.24, 2.45) is 0 Å². The van der Waals surface area contributed by atoms with Crippen molar-refractivity contribution in [3.63, 3.8) is 0 Å². The van der Waals surface area contributed by atoms with E-state index in [2.05, 4.69) is 0 Å². The molecule has 0 aliphatic heterocycles. The zero-order valence-electron chi connectivity index (χ0n) is 17.9. The highest BCUT2D eigenvalue weighted by Crippen LogP contribution is 2.32. The lowest BCUT2D eigenvalue weighted by Gasteiger charge is -2.18. The van der Waals surface area contributed by atoms with Gasteiger partial charge in [0.2, 0.25) is 9.84 Å². The van der Waals surface area contributed by atoms with E-state index >= 15 is 0 Å². The van der Waals surface area contributed by atoms with Crippen LogP contribution >= 0.6 is 0 Å². The normalized spacial score (nSPS) is 11.4. The van der Waals surface area contributed by atoms with E-state index in [1.54, 1.807) is 12.1 Å². The molecule has 156 valence electrons. The van der Waals surface area contributed by atoms with Crippen LogP contribution in [0.4, 0.5) is 0 Å². The summed E-state index contributed by atoms with van der Waals surface area (Å²) in [5, 5.41) is 0. The summed E-state index contributed by atoms with van der Waals surface area (Å²) in [7, 11) is -3.67. The molecule has 0 saturated heterocycles. The Morgan fingerprint density at radius 2 is 1.03 bits per heavy atom. The molecule has 0 aliphatic carbocycles. The number of sulfone groups is 1. The number of aryl methyl sites for hydroxylation is 2. The molecule has 4 rings (SSSR count). The third-order valence-electron chi connectivity index (χ3n) is 5.46. The monoisotopic (exact) mass is 426 g/mol. The topological polar surface area (TPSA) is 34.1 Å². The number of rotatable bonds is 6. The van der Waals surface area contributed by atoms with Crippen molar-refractivity contribution < 1.29 is 8.42 Å². The molecule has 0 spiro atoms. The molecule has 0 atom stereocenters. The van der Waals surface area contributed by atoms with Gasteiger partial charge in [-0.15, -0.1) is 0 Å². The minimum absolute atomic E-state index is 0.338. The fourth-order valence-electron chi connectivity index (χ4n) is 4.00. The molecule has 0 bridgehead atoms. The summed E-state index contributed by atoms with van der Waals surface area (Å²) in [6.45, 7) is 4.00. The van der Waals surface area contributed by atoms with Crippen LogP contribution in [0, 0.1) is 13.8 Å². The largest absolute Gasteiger partial charge is 0.218 e. The summed E-state index contributed by atoms with van der Waals surface area (Å²) in [4.78, 5) is 0.778. The Morgan fingerprint density at radius 3 is 1.48 bits per heavy atom. The highest BCUT2D eigenvalue weighted by molar-refractivity contribution is 7.91. The number of benzene rings is 4. The van der Waals surface area contributed by atoms with E-state index < -0.39 is 9.84 Å². The smallest absolute Gasteiger partial charge is 0.207 e. The van der Waals surface area contributed by atoms with Crippen LogP contribution in [0.25, 0.3) is 0 Å². The molecule has 0 unspecified atom stereocenters. The summed E-state index contributed by atoms with van der Waals surface area (Å²) >= 11 is 0. The van der Waals surface area contributed by atoms with Gasteiger partial charge in [-0.1, -0.05) is 96.1 Å². The zero-order valence-corrected chi connectivity index (χ0v) is 18.7. The summed E-state index contributed by atoms with van der Waals surface area (Å²) in [5.74, 6) is 0. The van der Waals surface area contributed by atoms with Gasteiger partial charge in [-0.05, 0) is 61.1 Å². The van der Waals surface area contributed by atoms with Gasteiger partial charge in [0, 0.05) is 0 Å². The van der Waals surface area contributed by atoms with Crippen molar-refractivity contribution in [3.8, 4) is 0 Å². The highest BCUT2D eigenvalue weighted by Gasteiger charge is 2.25. The van der Waals surface area contributed by atoms with E-state index in [1.807, 2.05) is 98.8 Å². The summed E-state index contributed by atoms with van der Waals surface area (Å²) in [5.41, 5.74) is 5.99. The van der Waals surface area contributed by atoms with Crippen molar-refractivity contribution in [1.29, 1.82) is 0 Å². The van der Waals surface area contributed by atoms with Crippen molar-refractivity contribution in [1.82, 2.24) is 0 Å². The molecule has 31 heavy (non-hydrogen) atoms. The highest BCUT2D eigenvalue weighted by atomic mass is 32.2. The zero-order chi connectivity index (χ0) is 21.8. The van der Waals surface area contributed by atoms with E-state index in [0.29, 0.717) is 22.6 Å². The molecule has 4 aromatic rings. The van der Waals surface area contributed by atoms with Crippen molar-refractivity contribution in [2.45, 2.75) is 36.5 Å². The van der Waals surface area contributed by atoms with Crippen LogP contribution in [0.1, 0.15) is 33.4 Å². The van der Waals surface area contributed by atoms with Crippen LogP contribution in [-0.2, 0) is 22.7 Å².